The summed E-state index contributed by atoms with van der Waals surface area (Å²) in [5.74, 6) is 0. The summed E-state index contributed by atoms with van der Waals surface area (Å²) in [6, 6.07) is 29.7. The molecule has 0 saturated carbocycles. The van der Waals surface area contributed by atoms with Crippen molar-refractivity contribution in [3.05, 3.63) is 136 Å². The molecule has 5 aromatic rings. The Bertz CT molecular complexity index is 1790. The van der Waals surface area contributed by atoms with Crippen molar-refractivity contribution in [2.45, 2.75) is 52.4 Å². The Labute approximate surface area is 264 Å². The third-order valence-electron chi connectivity index (χ3n) is 7.18. The maximum atomic E-state index is 9.22. The van der Waals surface area contributed by atoms with Gasteiger partial charge in [-0.1, -0.05) is 136 Å². The van der Waals surface area contributed by atoms with Crippen LogP contribution in [0.3, 0.4) is 0 Å². The van der Waals surface area contributed by atoms with Crippen molar-refractivity contribution < 1.29 is 5.48 Å². The lowest BCUT2D eigenvalue weighted by Crippen LogP contribution is -2.17. The van der Waals surface area contributed by atoms with Gasteiger partial charge in [-0.05, 0) is 81.5 Å². The monoisotopic (exact) mass is 625 g/mol. The summed E-state index contributed by atoms with van der Waals surface area (Å²) in [6.45, 7) is 13.0. The highest BCUT2D eigenvalue weighted by molar-refractivity contribution is 9.10. The molecular formula is C38H37BrClN. The fourth-order valence-corrected chi connectivity index (χ4v) is 5.53. The highest BCUT2D eigenvalue weighted by atomic mass is 79.9. The molecule has 0 saturated heterocycles. The van der Waals surface area contributed by atoms with Crippen LogP contribution in [0.25, 0.3) is 22.3 Å². The molecule has 0 spiro atoms. The van der Waals surface area contributed by atoms with Crippen molar-refractivity contribution in [2.24, 2.45) is 0 Å². The molecule has 0 aliphatic rings. The molecule has 0 unspecified atom stereocenters. The van der Waals surface area contributed by atoms with Crippen molar-refractivity contribution >= 4 is 44.6 Å². The van der Waals surface area contributed by atoms with Gasteiger partial charge in [0.1, 0.15) is 0 Å². The third kappa shape index (κ3) is 6.45. The zero-order valence-corrected chi connectivity index (χ0v) is 26.7. The topological polar surface area (TPSA) is 3.24 Å². The molecule has 0 N–H and O–H groups in total. The van der Waals surface area contributed by atoms with E-state index in [1.165, 1.54) is 0 Å². The lowest BCUT2D eigenvalue weighted by atomic mass is 9.81. The van der Waals surface area contributed by atoms with Gasteiger partial charge in [0.2, 0.25) is 0 Å². The van der Waals surface area contributed by atoms with Gasteiger partial charge in [-0.15, -0.1) is 0 Å². The molecule has 0 heterocycles. The molecule has 0 radical (unpaired) electrons. The van der Waals surface area contributed by atoms with Crippen molar-refractivity contribution in [1.82, 2.24) is 0 Å². The maximum Gasteiger partial charge on any atom is 0.0661 e. The zero-order valence-electron chi connectivity index (χ0n) is 28.4. The molecule has 0 aliphatic carbocycles. The van der Waals surface area contributed by atoms with Crippen molar-refractivity contribution in [3.63, 3.8) is 0 Å². The van der Waals surface area contributed by atoms with E-state index in [0.29, 0.717) is 5.69 Å². The van der Waals surface area contributed by atoms with Crippen LogP contribution in [0.1, 0.15) is 58.2 Å². The van der Waals surface area contributed by atoms with Crippen LogP contribution in [0, 0.1) is 0 Å². The highest BCUT2D eigenvalue weighted by Crippen LogP contribution is 2.49. The molecule has 5 aromatic carbocycles. The molecule has 0 aliphatic heterocycles. The molecule has 0 atom stereocenters. The van der Waals surface area contributed by atoms with E-state index >= 15 is 0 Å². The molecule has 0 amide bonds. The number of halogens is 2. The SMILES string of the molecule is [2H]c1c([2H])c(Cl)c([2H])c(N(c2cc(Br)cc(C(C)(C)C)c2)c2c(-c3ccccc3)cc(C(C)(C)C)cc2-c2ccccc2)c1[2H]. The van der Waals surface area contributed by atoms with Gasteiger partial charge in [0, 0.05) is 32.0 Å². The Hall–Kier alpha value is -3.33. The Morgan fingerprint density at radius 2 is 1.17 bits per heavy atom. The molecule has 5 rings (SSSR count). The van der Waals surface area contributed by atoms with Gasteiger partial charge in [-0.2, -0.15) is 0 Å². The maximum absolute atomic E-state index is 9.22. The van der Waals surface area contributed by atoms with E-state index in [4.69, 9.17) is 14.3 Å². The van der Waals surface area contributed by atoms with Crippen molar-refractivity contribution in [2.75, 3.05) is 4.90 Å². The van der Waals surface area contributed by atoms with E-state index in [9.17, 15) is 2.74 Å². The van der Waals surface area contributed by atoms with E-state index in [2.05, 4.69) is 106 Å². The predicted molar refractivity (Wildman–Crippen MR) is 182 cm³/mol. The van der Waals surface area contributed by atoms with Gasteiger partial charge in [-0.3, -0.25) is 0 Å². The fourth-order valence-electron chi connectivity index (χ4n) is 4.91. The predicted octanol–water partition coefficient (Wildman–Crippen LogP) is 12.5. The summed E-state index contributed by atoms with van der Waals surface area (Å²) in [7, 11) is 0. The van der Waals surface area contributed by atoms with E-state index in [0.717, 1.165) is 43.5 Å². The summed E-state index contributed by atoms with van der Waals surface area (Å²) in [6.07, 6.45) is 0. The first-order valence-electron chi connectivity index (χ1n) is 15.8. The number of hydrogen-bond donors (Lipinski definition) is 0. The van der Waals surface area contributed by atoms with Crippen LogP contribution in [0.2, 0.25) is 5.02 Å². The lowest BCUT2D eigenvalue weighted by molar-refractivity contribution is 0.589. The Morgan fingerprint density at radius 1 is 0.659 bits per heavy atom. The number of nitrogens with zero attached hydrogens (tertiary/aromatic N) is 1. The van der Waals surface area contributed by atoms with Gasteiger partial charge >= 0.3 is 0 Å². The molecular weight excluding hydrogens is 586 g/mol. The molecule has 208 valence electrons. The van der Waals surface area contributed by atoms with Crippen LogP contribution >= 0.6 is 27.5 Å². The molecule has 1 nitrogen and oxygen atoms in total. The minimum Gasteiger partial charge on any atom is -0.309 e. The number of benzene rings is 5. The van der Waals surface area contributed by atoms with Gasteiger partial charge in [-0.25, -0.2) is 0 Å². The van der Waals surface area contributed by atoms with E-state index in [1.54, 1.807) is 0 Å². The van der Waals surface area contributed by atoms with Gasteiger partial charge in [0.05, 0.1) is 11.2 Å². The second-order valence-electron chi connectivity index (χ2n) is 12.3. The quantitative estimate of drug-likeness (QED) is 0.188. The zero-order chi connectivity index (χ0) is 32.8. The lowest BCUT2D eigenvalue weighted by Gasteiger charge is -2.33. The largest absolute Gasteiger partial charge is 0.309 e. The van der Waals surface area contributed by atoms with E-state index in [-0.39, 0.29) is 45.7 Å². The molecule has 0 aromatic heterocycles. The van der Waals surface area contributed by atoms with Gasteiger partial charge in [0.25, 0.3) is 0 Å². The van der Waals surface area contributed by atoms with Gasteiger partial charge in [0.15, 0.2) is 0 Å². The minimum atomic E-state index is -0.324. The van der Waals surface area contributed by atoms with E-state index < -0.39 is 0 Å². The van der Waals surface area contributed by atoms with E-state index in [1.807, 2.05) is 47.4 Å². The first-order chi connectivity index (χ1) is 21.1. The second kappa shape index (κ2) is 11.5. The fraction of sp³-hybridized carbons (Fsp3) is 0.211. The summed E-state index contributed by atoms with van der Waals surface area (Å²) < 4.78 is 36.3. The Kier molecular flexibility index (Phi) is 6.82. The Morgan fingerprint density at radius 3 is 1.68 bits per heavy atom. The summed E-state index contributed by atoms with van der Waals surface area (Å²) in [4.78, 5) is 1.91. The number of anilines is 3. The van der Waals surface area contributed by atoms with Crippen molar-refractivity contribution in [3.8, 4) is 22.3 Å². The minimum absolute atomic E-state index is 0.150. The van der Waals surface area contributed by atoms with Crippen LogP contribution in [-0.2, 0) is 10.8 Å². The summed E-state index contributed by atoms with van der Waals surface area (Å²) in [5.41, 5.74) is 7.18. The molecule has 41 heavy (non-hydrogen) atoms. The molecule has 0 bridgehead atoms. The Balaban J connectivity index is 2.06. The number of rotatable bonds is 5. The highest BCUT2D eigenvalue weighted by Gasteiger charge is 2.27. The van der Waals surface area contributed by atoms with Gasteiger partial charge < -0.3 is 4.90 Å². The summed E-state index contributed by atoms with van der Waals surface area (Å²) in [5, 5.41) is -0.157. The van der Waals surface area contributed by atoms with Crippen LogP contribution in [0.15, 0.2) is 120 Å². The standard InChI is InChI=1S/C38H37BrClN/c1-37(2,3)28-20-30(39)24-33(21-28)41(32-19-13-18-31(40)25-32)36-34(26-14-9-7-10-15-26)22-29(38(4,5)6)23-35(36)27-16-11-8-12-17-27/h7-25H,1-6H3/i13D,18D,19D,25D. The third-order valence-corrected chi connectivity index (χ3v) is 7.83. The second-order valence-corrected chi connectivity index (χ2v) is 13.6. The van der Waals surface area contributed by atoms with Crippen LogP contribution in [0.4, 0.5) is 17.1 Å². The first kappa shape index (κ1) is 24.3. The van der Waals surface area contributed by atoms with Crippen LogP contribution in [-0.4, -0.2) is 0 Å². The van der Waals surface area contributed by atoms with Crippen LogP contribution < -0.4 is 4.90 Å². The van der Waals surface area contributed by atoms with Crippen LogP contribution in [0.5, 0.6) is 0 Å². The average Bonchev–Trinajstić information content (AvgIpc) is 3.00. The summed E-state index contributed by atoms with van der Waals surface area (Å²) >= 11 is 10.3. The molecule has 0 fully saturated rings. The number of hydrogen-bond acceptors (Lipinski definition) is 1. The normalized spacial score (nSPS) is 13.3. The smallest absolute Gasteiger partial charge is 0.0661 e. The molecule has 3 heteroatoms. The average molecular weight is 627 g/mol. The first-order valence-corrected chi connectivity index (χ1v) is 14.9. The van der Waals surface area contributed by atoms with Crippen molar-refractivity contribution in [1.29, 1.82) is 0 Å².